The molecule has 0 bridgehead atoms. The van der Waals surface area contributed by atoms with Crippen LogP contribution in [0.3, 0.4) is 0 Å². The van der Waals surface area contributed by atoms with Crippen LogP contribution in [0.5, 0.6) is 0 Å². The van der Waals surface area contributed by atoms with E-state index in [2.05, 4.69) is 18.8 Å². The number of nitrogens with zero attached hydrogens (tertiary/aromatic N) is 2. The normalized spacial score (nSPS) is 12.8. The molecule has 0 fully saturated rings. The van der Waals surface area contributed by atoms with Gasteiger partial charge in [0.05, 0.1) is 16.8 Å². The predicted molar refractivity (Wildman–Crippen MR) is 87.9 cm³/mol. The Hall–Kier alpha value is -1.00. The maximum absolute atomic E-state index is 12.6. The second kappa shape index (κ2) is 7.14. The number of rotatable bonds is 6. The molecule has 2 rings (SSSR count). The summed E-state index contributed by atoms with van der Waals surface area (Å²) in [6.07, 6.45) is 0.947. The van der Waals surface area contributed by atoms with Gasteiger partial charge >= 0.3 is 0 Å². The van der Waals surface area contributed by atoms with E-state index >= 15 is 0 Å². The molecule has 1 aromatic carbocycles. The number of aromatic nitrogens is 2. The number of hydrogen-bond donors (Lipinski definition) is 0. The van der Waals surface area contributed by atoms with E-state index in [1.807, 2.05) is 36.0 Å². The number of alkyl halides is 1. The molecular formula is C15H19ClN2OS. The van der Waals surface area contributed by atoms with Gasteiger partial charge in [-0.25, -0.2) is 4.98 Å². The number of para-hydroxylation sites is 1. The molecule has 1 unspecified atom stereocenters. The van der Waals surface area contributed by atoms with Gasteiger partial charge in [0.1, 0.15) is 5.82 Å². The molecule has 0 aliphatic heterocycles. The van der Waals surface area contributed by atoms with Crippen molar-refractivity contribution in [2.75, 3.05) is 11.5 Å². The topological polar surface area (TPSA) is 34.9 Å². The highest BCUT2D eigenvalue weighted by molar-refractivity contribution is 7.99. The molecule has 1 heterocycles. The van der Waals surface area contributed by atoms with Gasteiger partial charge in [0.2, 0.25) is 0 Å². The monoisotopic (exact) mass is 310 g/mol. The molecule has 108 valence electrons. The molecule has 1 atom stereocenters. The van der Waals surface area contributed by atoms with Crippen LogP contribution in [-0.4, -0.2) is 21.1 Å². The highest BCUT2D eigenvalue weighted by Crippen LogP contribution is 2.18. The molecular weight excluding hydrogens is 292 g/mol. The van der Waals surface area contributed by atoms with Gasteiger partial charge < -0.3 is 0 Å². The van der Waals surface area contributed by atoms with Crippen LogP contribution in [-0.2, 0) is 5.88 Å². The van der Waals surface area contributed by atoms with E-state index in [0.717, 1.165) is 23.4 Å². The molecule has 20 heavy (non-hydrogen) atoms. The van der Waals surface area contributed by atoms with Crippen molar-refractivity contribution in [1.29, 1.82) is 0 Å². The van der Waals surface area contributed by atoms with Crippen LogP contribution in [0.4, 0.5) is 0 Å². The van der Waals surface area contributed by atoms with Crippen LogP contribution < -0.4 is 5.56 Å². The average molecular weight is 311 g/mol. The molecule has 0 spiro atoms. The maximum Gasteiger partial charge on any atom is 0.261 e. The molecule has 0 saturated heterocycles. The van der Waals surface area contributed by atoms with Crippen molar-refractivity contribution < 1.29 is 0 Å². The minimum atomic E-state index is 0.0141. The van der Waals surface area contributed by atoms with Gasteiger partial charge in [-0.1, -0.05) is 19.1 Å². The Bertz CT molecular complexity index is 641. The Balaban J connectivity index is 2.45. The summed E-state index contributed by atoms with van der Waals surface area (Å²) < 4.78 is 1.76. The average Bonchev–Trinajstić information content (AvgIpc) is 2.47. The molecule has 0 aliphatic carbocycles. The lowest BCUT2D eigenvalue weighted by atomic mass is 10.2. The number of hydrogen-bond acceptors (Lipinski definition) is 3. The van der Waals surface area contributed by atoms with E-state index in [-0.39, 0.29) is 17.5 Å². The third kappa shape index (κ3) is 3.18. The SMILES string of the molecule is CCSCCC(C)n1c(CCl)nc2ccccc2c1=O. The summed E-state index contributed by atoms with van der Waals surface area (Å²) in [5.41, 5.74) is 0.736. The lowest BCUT2D eigenvalue weighted by Gasteiger charge is -2.18. The number of benzene rings is 1. The first kappa shape index (κ1) is 15.4. The van der Waals surface area contributed by atoms with E-state index in [0.29, 0.717) is 11.2 Å². The molecule has 2 aromatic rings. The fourth-order valence-electron chi connectivity index (χ4n) is 2.27. The molecule has 5 heteroatoms. The van der Waals surface area contributed by atoms with Crippen molar-refractivity contribution in [2.24, 2.45) is 0 Å². The van der Waals surface area contributed by atoms with Gasteiger partial charge in [-0.05, 0) is 37.0 Å². The number of halogens is 1. The second-order valence-corrected chi connectivity index (χ2v) is 6.35. The van der Waals surface area contributed by atoms with Gasteiger partial charge in [0, 0.05) is 6.04 Å². The zero-order valence-corrected chi connectivity index (χ0v) is 13.4. The molecule has 0 radical (unpaired) electrons. The maximum atomic E-state index is 12.6. The van der Waals surface area contributed by atoms with E-state index in [1.165, 1.54) is 0 Å². The van der Waals surface area contributed by atoms with Crippen LogP contribution in [0.15, 0.2) is 29.1 Å². The van der Waals surface area contributed by atoms with E-state index in [9.17, 15) is 4.79 Å². The quantitative estimate of drug-likeness (QED) is 0.600. The Labute approximate surface area is 128 Å². The molecule has 0 amide bonds. The minimum Gasteiger partial charge on any atom is -0.292 e. The third-order valence-corrected chi connectivity index (χ3v) is 4.50. The predicted octanol–water partition coefficient (Wildman–Crippen LogP) is 3.84. The first-order chi connectivity index (χ1) is 9.69. The summed E-state index contributed by atoms with van der Waals surface area (Å²) in [7, 11) is 0. The minimum absolute atomic E-state index is 0.0141. The largest absolute Gasteiger partial charge is 0.292 e. The van der Waals surface area contributed by atoms with Gasteiger partial charge in [0.15, 0.2) is 0 Å². The summed E-state index contributed by atoms with van der Waals surface area (Å²) in [6.45, 7) is 4.20. The Kier molecular flexibility index (Phi) is 5.49. The number of thioether (sulfide) groups is 1. The van der Waals surface area contributed by atoms with Crippen molar-refractivity contribution in [1.82, 2.24) is 9.55 Å². The second-order valence-electron chi connectivity index (χ2n) is 4.69. The van der Waals surface area contributed by atoms with E-state index in [1.54, 1.807) is 4.57 Å². The van der Waals surface area contributed by atoms with Crippen LogP contribution >= 0.6 is 23.4 Å². The Morgan fingerprint density at radius 1 is 1.40 bits per heavy atom. The van der Waals surface area contributed by atoms with Gasteiger partial charge in [-0.15, -0.1) is 11.6 Å². The zero-order valence-electron chi connectivity index (χ0n) is 11.8. The van der Waals surface area contributed by atoms with Crippen LogP contribution in [0.1, 0.15) is 32.1 Å². The van der Waals surface area contributed by atoms with Crippen molar-refractivity contribution in [3.05, 3.63) is 40.4 Å². The van der Waals surface area contributed by atoms with Gasteiger partial charge in [0.25, 0.3) is 5.56 Å². The summed E-state index contributed by atoms with van der Waals surface area (Å²) in [5, 5.41) is 0.663. The summed E-state index contributed by atoms with van der Waals surface area (Å²) in [6, 6.07) is 7.56. The summed E-state index contributed by atoms with van der Waals surface area (Å²) in [5.74, 6) is 3.05. The fourth-order valence-corrected chi connectivity index (χ4v) is 3.25. The first-order valence-corrected chi connectivity index (χ1v) is 8.51. The zero-order chi connectivity index (χ0) is 14.5. The Morgan fingerprint density at radius 3 is 2.85 bits per heavy atom. The van der Waals surface area contributed by atoms with E-state index in [4.69, 9.17) is 11.6 Å². The van der Waals surface area contributed by atoms with Crippen molar-refractivity contribution in [3.8, 4) is 0 Å². The number of fused-ring (bicyclic) bond motifs is 1. The van der Waals surface area contributed by atoms with Crippen molar-refractivity contribution >= 4 is 34.3 Å². The van der Waals surface area contributed by atoms with Crippen LogP contribution in [0.25, 0.3) is 10.9 Å². The lowest BCUT2D eigenvalue weighted by Crippen LogP contribution is -2.28. The van der Waals surface area contributed by atoms with Gasteiger partial charge in [-0.3, -0.25) is 9.36 Å². The molecule has 0 N–H and O–H groups in total. The van der Waals surface area contributed by atoms with Crippen molar-refractivity contribution in [2.45, 2.75) is 32.2 Å². The summed E-state index contributed by atoms with van der Waals surface area (Å²) >= 11 is 7.87. The highest BCUT2D eigenvalue weighted by Gasteiger charge is 2.15. The fraction of sp³-hybridized carbons (Fsp3) is 0.467. The Morgan fingerprint density at radius 2 is 2.15 bits per heavy atom. The molecule has 0 saturated carbocycles. The lowest BCUT2D eigenvalue weighted by molar-refractivity contribution is 0.498. The highest BCUT2D eigenvalue weighted by atomic mass is 35.5. The van der Waals surface area contributed by atoms with Crippen LogP contribution in [0, 0.1) is 0 Å². The van der Waals surface area contributed by atoms with Crippen LogP contribution in [0.2, 0.25) is 0 Å². The molecule has 0 aliphatic rings. The van der Waals surface area contributed by atoms with Gasteiger partial charge in [-0.2, -0.15) is 11.8 Å². The standard InChI is InChI=1S/C15H19ClN2OS/c1-3-20-9-8-11(2)18-14(10-16)17-13-7-5-4-6-12(13)15(18)19/h4-7,11H,3,8-10H2,1-2H3. The third-order valence-electron chi connectivity index (χ3n) is 3.33. The van der Waals surface area contributed by atoms with Crippen molar-refractivity contribution in [3.63, 3.8) is 0 Å². The smallest absolute Gasteiger partial charge is 0.261 e. The summed E-state index contributed by atoms with van der Waals surface area (Å²) in [4.78, 5) is 17.2. The molecule has 3 nitrogen and oxygen atoms in total. The van der Waals surface area contributed by atoms with E-state index < -0.39 is 0 Å². The first-order valence-electron chi connectivity index (χ1n) is 6.82. The molecule has 1 aromatic heterocycles.